The number of amides is 1. The molecule has 132 valence electrons. The number of ether oxygens (including phenoxy) is 4. The van der Waals surface area contributed by atoms with Crippen molar-refractivity contribution >= 4 is 11.9 Å². The first kappa shape index (κ1) is 18.1. The molecule has 0 bridgehead atoms. The molecule has 7 nitrogen and oxygen atoms in total. The first-order valence-corrected chi connectivity index (χ1v) is 7.76. The fourth-order valence-electron chi connectivity index (χ4n) is 2.81. The number of hydrogen-bond donors (Lipinski definition) is 1. The summed E-state index contributed by atoms with van der Waals surface area (Å²) in [6, 6.07) is 5.20. The Morgan fingerprint density at radius 2 is 1.83 bits per heavy atom. The Morgan fingerprint density at radius 3 is 2.42 bits per heavy atom. The van der Waals surface area contributed by atoms with Gasteiger partial charge < -0.3 is 24.3 Å². The SMILES string of the molecule is COc1ccc(C2OC(OC(C)=O)CCC2NC(C)=O)cc1OC. The van der Waals surface area contributed by atoms with Crippen molar-refractivity contribution in [1.29, 1.82) is 0 Å². The maximum atomic E-state index is 11.5. The summed E-state index contributed by atoms with van der Waals surface area (Å²) in [6.07, 6.45) is 0.0719. The molecule has 1 aromatic carbocycles. The van der Waals surface area contributed by atoms with E-state index in [9.17, 15) is 9.59 Å². The maximum absolute atomic E-state index is 11.5. The van der Waals surface area contributed by atoms with Gasteiger partial charge in [-0.05, 0) is 24.1 Å². The lowest BCUT2D eigenvalue weighted by Crippen LogP contribution is -2.45. The minimum absolute atomic E-state index is 0.139. The Bertz CT molecular complexity index is 603. The second-order valence-electron chi connectivity index (χ2n) is 5.59. The third-order valence-electron chi connectivity index (χ3n) is 3.80. The van der Waals surface area contributed by atoms with Crippen LogP contribution in [0.4, 0.5) is 0 Å². The molecule has 24 heavy (non-hydrogen) atoms. The first-order valence-electron chi connectivity index (χ1n) is 7.76. The van der Waals surface area contributed by atoms with Crippen LogP contribution in [0.5, 0.6) is 11.5 Å². The molecule has 1 N–H and O–H groups in total. The van der Waals surface area contributed by atoms with Crippen LogP contribution in [-0.2, 0) is 19.1 Å². The highest BCUT2D eigenvalue weighted by Crippen LogP contribution is 2.36. The van der Waals surface area contributed by atoms with Crippen molar-refractivity contribution in [3.8, 4) is 11.5 Å². The molecular formula is C17H23NO6. The molecule has 1 aromatic rings. The zero-order valence-electron chi connectivity index (χ0n) is 14.3. The molecule has 1 fully saturated rings. The Morgan fingerprint density at radius 1 is 1.12 bits per heavy atom. The van der Waals surface area contributed by atoms with E-state index in [2.05, 4.69) is 5.32 Å². The summed E-state index contributed by atoms with van der Waals surface area (Å²) in [5.41, 5.74) is 0.809. The fourth-order valence-corrected chi connectivity index (χ4v) is 2.81. The minimum atomic E-state index is -0.634. The predicted molar refractivity (Wildman–Crippen MR) is 85.8 cm³/mol. The molecule has 3 atom stereocenters. The van der Waals surface area contributed by atoms with E-state index >= 15 is 0 Å². The topological polar surface area (TPSA) is 83.1 Å². The van der Waals surface area contributed by atoms with Crippen LogP contribution >= 0.6 is 0 Å². The van der Waals surface area contributed by atoms with Gasteiger partial charge in [0, 0.05) is 20.3 Å². The molecule has 1 aliphatic heterocycles. The summed E-state index contributed by atoms with van der Waals surface area (Å²) in [7, 11) is 3.11. The summed E-state index contributed by atoms with van der Waals surface area (Å²) in [6.45, 7) is 2.80. The monoisotopic (exact) mass is 337 g/mol. The number of methoxy groups -OCH3 is 2. The van der Waals surface area contributed by atoms with E-state index in [4.69, 9.17) is 18.9 Å². The smallest absolute Gasteiger partial charge is 0.304 e. The van der Waals surface area contributed by atoms with E-state index in [1.54, 1.807) is 26.4 Å². The van der Waals surface area contributed by atoms with Crippen molar-refractivity contribution in [2.45, 2.75) is 45.1 Å². The average Bonchev–Trinajstić information content (AvgIpc) is 2.54. The second kappa shape index (κ2) is 8.01. The van der Waals surface area contributed by atoms with Crippen molar-refractivity contribution in [2.24, 2.45) is 0 Å². The molecule has 7 heteroatoms. The third-order valence-corrected chi connectivity index (χ3v) is 3.80. The molecule has 1 heterocycles. The third kappa shape index (κ3) is 4.38. The minimum Gasteiger partial charge on any atom is -0.493 e. The highest BCUT2D eigenvalue weighted by molar-refractivity contribution is 5.73. The molecule has 0 saturated carbocycles. The van der Waals surface area contributed by atoms with Crippen LogP contribution in [0, 0.1) is 0 Å². The van der Waals surface area contributed by atoms with Gasteiger partial charge in [-0.2, -0.15) is 0 Å². The molecule has 0 aliphatic carbocycles. The van der Waals surface area contributed by atoms with Crippen LogP contribution < -0.4 is 14.8 Å². The normalized spacial score (nSPS) is 23.2. The van der Waals surface area contributed by atoms with E-state index in [0.717, 1.165) is 5.56 Å². The summed E-state index contributed by atoms with van der Waals surface area (Å²) >= 11 is 0. The lowest BCUT2D eigenvalue weighted by atomic mass is 9.95. The van der Waals surface area contributed by atoms with Crippen molar-refractivity contribution in [3.05, 3.63) is 23.8 Å². The van der Waals surface area contributed by atoms with Gasteiger partial charge in [0.25, 0.3) is 0 Å². The zero-order chi connectivity index (χ0) is 17.7. The molecule has 3 unspecified atom stereocenters. The second-order valence-corrected chi connectivity index (χ2v) is 5.59. The predicted octanol–water partition coefficient (Wildman–Crippen LogP) is 1.95. The lowest BCUT2D eigenvalue weighted by Gasteiger charge is -2.36. The number of carbonyl (C=O) groups excluding carboxylic acids is 2. The summed E-state index contributed by atoms with van der Waals surface area (Å²) in [4.78, 5) is 22.7. The average molecular weight is 337 g/mol. The highest BCUT2D eigenvalue weighted by Gasteiger charge is 2.34. The molecule has 0 aromatic heterocycles. The van der Waals surface area contributed by atoms with Gasteiger partial charge in [0.2, 0.25) is 12.2 Å². The van der Waals surface area contributed by atoms with Gasteiger partial charge in [0.1, 0.15) is 6.10 Å². The van der Waals surface area contributed by atoms with Crippen molar-refractivity contribution in [2.75, 3.05) is 14.2 Å². The van der Waals surface area contributed by atoms with Gasteiger partial charge in [0.05, 0.1) is 20.3 Å². The standard InChI is InChI=1S/C17H23NO6/c1-10(19)18-13-6-8-16(23-11(2)20)24-17(13)12-5-7-14(21-3)15(9-12)22-4/h5,7,9,13,16-17H,6,8H2,1-4H3,(H,18,19). The number of nitrogens with one attached hydrogen (secondary N) is 1. The maximum Gasteiger partial charge on any atom is 0.304 e. The van der Waals surface area contributed by atoms with Crippen LogP contribution in [0.25, 0.3) is 0 Å². The molecule has 1 aliphatic rings. The van der Waals surface area contributed by atoms with E-state index in [1.165, 1.54) is 13.8 Å². The Labute approximate surface area is 141 Å². The van der Waals surface area contributed by atoms with Crippen molar-refractivity contribution in [1.82, 2.24) is 5.32 Å². The Balaban J connectivity index is 2.28. The molecule has 0 radical (unpaired) electrons. The van der Waals surface area contributed by atoms with E-state index < -0.39 is 18.4 Å². The molecule has 2 rings (SSSR count). The molecule has 0 spiro atoms. The van der Waals surface area contributed by atoms with Crippen LogP contribution in [0.1, 0.15) is 38.4 Å². The number of hydrogen-bond acceptors (Lipinski definition) is 6. The van der Waals surface area contributed by atoms with Gasteiger partial charge in [0.15, 0.2) is 11.5 Å². The number of esters is 1. The van der Waals surface area contributed by atoms with Gasteiger partial charge in [-0.1, -0.05) is 6.07 Å². The number of rotatable bonds is 5. The largest absolute Gasteiger partial charge is 0.493 e. The van der Waals surface area contributed by atoms with Crippen molar-refractivity contribution in [3.63, 3.8) is 0 Å². The van der Waals surface area contributed by atoms with Crippen molar-refractivity contribution < 1.29 is 28.5 Å². The zero-order valence-corrected chi connectivity index (χ0v) is 14.3. The van der Waals surface area contributed by atoms with Crippen LogP contribution in [0.2, 0.25) is 0 Å². The molecule has 1 saturated heterocycles. The number of carbonyl (C=O) groups is 2. The quantitative estimate of drug-likeness (QED) is 0.827. The van der Waals surface area contributed by atoms with Crippen LogP contribution in [0.15, 0.2) is 18.2 Å². The first-order chi connectivity index (χ1) is 11.4. The summed E-state index contributed by atoms with van der Waals surface area (Å²) in [5.74, 6) is 0.628. The van der Waals surface area contributed by atoms with Gasteiger partial charge in [-0.15, -0.1) is 0 Å². The van der Waals surface area contributed by atoms with Crippen LogP contribution in [0.3, 0.4) is 0 Å². The van der Waals surface area contributed by atoms with E-state index in [1.807, 2.05) is 6.07 Å². The summed E-state index contributed by atoms with van der Waals surface area (Å²) in [5, 5.41) is 2.89. The Kier molecular flexibility index (Phi) is 6.03. The Hall–Kier alpha value is -2.28. The number of benzene rings is 1. The highest BCUT2D eigenvalue weighted by atomic mass is 16.7. The lowest BCUT2D eigenvalue weighted by molar-refractivity contribution is -0.207. The van der Waals surface area contributed by atoms with Gasteiger partial charge >= 0.3 is 5.97 Å². The molecule has 1 amide bonds. The van der Waals surface area contributed by atoms with E-state index in [-0.39, 0.29) is 11.9 Å². The van der Waals surface area contributed by atoms with Gasteiger partial charge in [-0.3, -0.25) is 9.59 Å². The fraction of sp³-hybridized carbons (Fsp3) is 0.529. The van der Waals surface area contributed by atoms with Gasteiger partial charge in [-0.25, -0.2) is 0 Å². The summed E-state index contributed by atoms with van der Waals surface area (Å²) < 4.78 is 21.6. The van der Waals surface area contributed by atoms with E-state index in [0.29, 0.717) is 24.3 Å². The van der Waals surface area contributed by atoms with Crippen LogP contribution in [-0.4, -0.2) is 38.4 Å². The molecular weight excluding hydrogens is 314 g/mol.